The Balaban J connectivity index is 1.81. The first-order valence-electron chi connectivity index (χ1n) is 8.44. The molecule has 156 valence electrons. The maximum atomic E-state index is 13.2. The van der Waals surface area contributed by atoms with Gasteiger partial charge in [0.15, 0.2) is 11.5 Å². The van der Waals surface area contributed by atoms with Gasteiger partial charge in [-0.25, -0.2) is 9.78 Å². The van der Waals surface area contributed by atoms with Crippen molar-refractivity contribution in [3.63, 3.8) is 0 Å². The number of benzene rings is 2. The summed E-state index contributed by atoms with van der Waals surface area (Å²) < 4.78 is 55.1. The monoisotopic (exact) mass is 438 g/mol. The van der Waals surface area contributed by atoms with E-state index in [0.29, 0.717) is 6.20 Å². The van der Waals surface area contributed by atoms with Gasteiger partial charge >= 0.3 is 12.1 Å². The molecule has 0 N–H and O–H groups in total. The Morgan fingerprint density at radius 3 is 2.50 bits per heavy atom. The summed E-state index contributed by atoms with van der Waals surface area (Å²) in [4.78, 5) is 19.1. The minimum absolute atomic E-state index is 0.00650. The van der Waals surface area contributed by atoms with Crippen molar-refractivity contribution in [1.29, 1.82) is 0 Å². The van der Waals surface area contributed by atoms with Gasteiger partial charge in [0, 0.05) is 6.20 Å². The fourth-order valence-corrected chi connectivity index (χ4v) is 2.53. The van der Waals surface area contributed by atoms with Crippen molar-refractivity contribution in [1.82, 2.24) is 9.97 Å². The van der Waals surface area contributed by atoms with Gasteiger partial charge in [0.05, 0.1) is 12.7 Å². The molecule has 3 rings (SSSR count). The van der Waals surface area contributed by atoms with Crippen LogP contribution in [0.4, 0.5) is 13.2 Å². The highest BCUT2D eigenvalue weighted by molar-refractivity contribution is 6.28. The van der Waals surface area contributed by atoms with Crippen molar-refractivity contribution in [2.24, 2.45) is 0 Å². The Morgan fingerprint density at radius 1 is 1.10 bits per heavy atom. The molecule has 10 heteroatoms. The van der Waals surface area contributed by atoms with Gasteiger partial charge in [-0.3, -0.25) is 0 Å². The highest BCUT2D eigenvalue weighted by Crippen LogP contribution is 2.39. The minimum atomic E-state index is -4.76. The molecule has 0 amide bonds. The number of hydrogen-bond donors (Lipinski definition) is 0. The number of aromatic nitrogens is 2. The molecule has 1 aromatic heterocycles. The molecule has 1 heterocycles. The molecule has 0 fully saturated rings. The summed E-state index contributed by atoms with van der Waals surface area (Å²) in [5.74, 6) is -1.52. The average Bonchev–Trinajstić information content (AvgIpc) is 2.72. The van der Waals surface area contributed by atoms with E-state index in [9.17, 15) is 18.0 Å². The van der Waals surface area contributed by atoms with E-state index in [4.69, 9.17) is 25.8 Å². The molecule has 6 nitrogen and oxygen atoms in total. The molecule has 0 saturated heterocycles. The molecular weight excluding hydrogens is 425 g/mol. The van der Waals surface area contributed by atoms with Crippen LogP contribution in [0.3, 0.4) is 0 Å². The molecule has 0 aliphatic carbocycles. The molecule has 0 radical (unpaired) electrons. The Hall–Kier alpha value is -3.33. The number of hydrogen-bond acceptors (Lipinski definition) is 6. The van der Waals surface area contributed by atoms with Crippen molar-refractivity contribution >= 4 is 17.6 Å². The maximum Gasteiger partial charge on any atom is 0.423 e. The number of methoxy groups -OCH3 is 1. The van der Waals surface area contributed by atoms with E-state index < -0.39 is 28.9 Å². The van der Waals surface area contributed by atoms with E-state index in [-0.39, 0.29) is 23.7 Å². The fourth-order valence-electron chi connectivity index (χ4n) is 2.41. The Morgan fingerprint density at radius 2 is 1.83 bits per heavy atom. The molecule has 0 spiro atoms. The van der Waals surface area contributed by atoms with Crippen LogP contribution < -0.4 is 9.47 Å². The van der Waals surface area contributed by atoms with Gasteiger partial charge in [0.2, 0.25) is 11.2 Å². The summed E-state index contributed by atoms with van der Waals surface area (Å²) in [5, 5.41) is -0.418. The largest absolute Gasteiger partial charge is 0.493 e. The summed E-state index contributed by atoms with van der Waals surface area (Å²) in [6.45, 7) is 0.0641. The highest BCUT2D eigenvalue weighted by atomic mass is 35.5. The molecule has 0 aliphatic rings. The number of carbonyl (C=O) groups excluding carboxylic acids is 1. The maximum absolute atomic E-state index is 13.2. The van der Waals surface area contributed by atoms with Crippen LogP contribution >= 0.6 is 11.6 Å². The summed E-state index contributed by atoms with van der Waals surface area (Å²) in [6.07, 6.45) is -4.24. The lowest BCUT2D eigenvalue weighted by Gasteiger charge is -2.14. The van der Waals surface area contributed by atoms with Gasteiger partial charge in [-0.2, -0.15) is 18.2 Å². The zero-order chi connectivity index (χ0) is 21.7. The zero-order valence-electron chi connectivity index (χ0n) is 15.4. The third kappa shape index (κ3) is 5.18. The summed E-state index contributed by atoms with van der Waals surface area (Å²) in [5.41, 5.74) is -0.273. The molecule has 0 saturated carbocycles. The molecule has 0 atom stereocenters. The second kappa shape index (κ2) is 9.00. The summed E-state index contributed by atoms with van der Waals surface area (Å²) in [6, 6.07) is 13.0. The first-order chi connectivity index (χ1) is 14.3. The van der Waals surface area contributed by atoms with Gasteiger partial charge in [0.1, 0.15) is 12.2 Å². The lowest BCUT2D eigenvalue weighted by molar-refractivity contribution is -0.139. The predicted molar refractivity (Wildman–Crippen MR) is 101 cm³/mol. The summed E-state index contributed by atoms with van der Waals surface area (Å²) in [7, 11) is 1.28. The van der Waals surface area contributed by atoms with Crippen LogP contribution in [0.15, 0.2) is 54.7 Å². The van der Waals surface area contributed by atoms with Crippen molar-refractivity contribution in [2.45, 2.75) is 12.8 Å². The third-order valence-electron chi connectivity index (χ3n) is 3.85. The van der Waals surface area contributed by atoms with Crippen LogP contribution in [0, 0.1) is 0 Å². The summed E-state index contributed by atoms with van der Waals surface area (Å²) >= 11 is 5.60. The highest BCUT2D eigenvalue weighted by Gasteiger charge is 2.36. The van der Waals surface area contributed by atoms with Crippen molar-refractivity contribution in [3.05, 3.63) is 76.7 Å². The quantitative estimate of drug-likeness (QED) is 0.384. The fraction of sp³-hybridized carbons (Fsp3) is 0.150. The molecule has 0 bridgehead atoms. The normalized spacial score (nSPS) is 11.1. The van der Waals surface area contributed by atoms with E-state index in [1.165, 1.54) is 25.3 Å². The molecule has 0 unspecified atom stereocenters. The Bertz CT molecular complexity index is 1050. The first kappa shape index (κ1) is 21.4. The van der Waals surface area contributed by atoms with E-state index in [2.05, 4.69) is 9.97 Å². The molecule has 2 aromatic carbocycles. The van der Waals surface area contributed by atoms with Crippen LogP contribution in [0.2, 0.25) is 5.28 Å². The molecular formula is C20H14ClF3N2O4. The number of halogens is 4. The minimum Gasteiger partial charge on any atom is -0.493 e. The number of carbonyl (C=O) groups is 1. The van der Waals surface area contributed by atoms with Gasteiger partial charge in [0.25, 0.3) is 0 Å². The van der Waals surface area contributed by atoms with Gasteiger partial charge in [-0.15, -0.1) is 0 Å². The zero-order valence-corrected chi connectivity index (χ0v) is 16.2. The Kier molecular flexibility index (Phi) is 6.41. The molecule has 0 aliphatic heterocycles. The number of alkyl halides is 3. The van der Waals surface area contributed by atoms with Gasteiger partial charge in [-0.1, -0.05) is 30.3 Å². The van der Waals surface area contributed by atoms with Crippen molar-refractivity contribution in [3.8, 4) is 17.4 Å². The van der Waals surface area contributed by atoms with E-state index >= 15 is 0 Å². The van der Waals surface area contributed by atoms with Crippen LogP contribution in [0.1, 0.15) is 21.5 Å². The van der Waals surface area contributed by atoms with E-state index in [0.717, 1.165) is 5.56 Å². The number of ether oxygens (including phenoxy) is 3. The van der Waals surface area contributed by atoms with Gasteiger partial charge < -0.3 is 14.2 Å². The van der Waals surface area contributed by atoms with Crippen molar-refractivity contribution < 1.29 is 32.2 Å². The second-order valence-electron chi connectivity index (χ2n) is 5.89. The van der Waals surface area contributed by atoms with Crippen LogP contribution in [0.5, 0.6) is 17.4 Å². The smallest absolute Gasteiger partial charge is 0.423 e. The molecule has 30 heavy (non-hydrogen) atoms. The van der Waals surface area contributed by atoms with Gasteiger partial charge in [-0.05, 0) is 35.4 Å². The van der Waals surface area contributed by atoms with Crippen LogP contribution in [0.25, 0.3) is 0 Å². The first-order valence-corrected chi connectivity index (χ1v) is 8.82. The predicted octanol–water partition coefficient (Wildman–Crippen LogP) is 5.31. The van der Waals surface area contributed by atoms with Crippen molar-refractivity contribution in [2.75, 3.05) is 7.11 Å². The average molecular weight is 439 g/mol. The number of nitrogens with zero attached hydrogens (tertiary/aromatic N) is 2. The SMILES string of the molecule is COc1cc(C(=O)OCc2ccccc2)ccc1Oc1nc(Cl)ncc1C(F)(F)F. The number of rotatable bonds is 6. The lowest BCUT2D eigenvalue weighted by Crippen LogP contribution is -2.10. The third-order valence-corrected chi connectivity index (χ3v) is 4.03. The van der Waals surface area contributed by atoms with E-state index in [1.54, 1.807) is 12.1 Å². The Labute approximate surface area is 174 Å². The molecule has 3 aromatic rings. The van der Waals surface area contributed by atoms with Crippen LogP contribution in [-0.4, -0.2) is 23.0 Å². The number of esters is 1. The lowest BCUT2D eigenvalue weighted by atomic mass is 10.2. The van der Waals surface area contributed by atoms with Crippen LogP contribution in [-0.2, 0) is 17.5 Å². The standard InChI is InChI=1S/C20H14ClF3N2O4/c1-28-16-9-13(18(27)29-11-12-5-3-2-4-6-12)7-8-15(16)30-17-14(20(22,23)24)10-25-19(21)26-17/h2-10H,11H2,1H3. The topological polar surface area (TPSA) is 70.5 Å². The van der Waals surface area contributed by atoms with E-state index in [1.807, 2.05) is 18.2 Å². The second-order valence-corrected chi connectivity index (χ2v) is 6.22.